The van der Waals surface area contributed by atoms with Crippen LogP contribution in [-0.4, -0.2) is 60.9 Å². The Balaban J connectivity index is 1.77. The van der Waals surface area contributed by atoms with Gasteiger partial charge in [-0.2, -0.15) is 0 Å². The lowest BCUT2D eigenvalue weighted by Gasteiger charge is -2.23. The molecule has 0 aliphatic carbocycles. The first-order valence-corrected chi connectivity index (χ1v) is 9.91. The first-order valence-electron chi connectivity index (χ1n) is 8.09. The first-order chi connectivity index (χ1) is 12.4. The Labute approximate surface area is 152 Å². The van der Waals surface area contributed by atoms with Crippen LogP contribution in [-0.2, 0) is 9.84 Å². The Morgan fingerprint density at radius 2 is 2.08 bits per heavy atom. The Hall–Kier alpha value is -2.68. The number of nitrogens with one attached hydrogen (secondary N) is 1. The fourth-order valence-electron chi connectivity index (χ4n) is 2.86. The molecule has 9 heteroatoms. The number of hydrogen-bond acceptors (Lipinski definition) is 7. The van der Waals surface area contributed by atoms with E-state index in [1.165, 1.54) is 17.3 Å². The van der Waals surface area contributed by atoms with Gasteiger partial charge in [0.05, 0.1) is 24.3 Å². The van der Waals surface area contributed by atoms with E-state index in [0.717, 1.165) is 0 Å². The predicted octanol–water partition coefficient (Wildman–Crippen LogP) is 1.49. The SMILES string of the molecule is COc1ccccc1Nc1cc(C(=O)N(C)C2CCS(=O)(=O)C2)ncn1. The summed E-state index contributed by atoms with van der Waals surface area (Å²) in [5, 5.41) is 3.10. The number of hydrogen-bond donors (Lipinski definition) is 1. The van der Waals surface area contributed by atoms with Gasteiger partial charge in [-0.1, -0.05) is 12.1 Å². The zero-order chi connectivity index (χ0) is 18.7. The summed E-state index contributed by atoms with van der Waals surface area (Å²) in [5.74, 6) is 0.858. The summed E-state index contributed by atoms with van der Waals surface area (Å²) in [6.07, 6.45) is 1.74. The second kappa shape index (κ2) is 7.28. The zero-order valence-corrected chi connectivity index (χ0v) is 15.4. The van der Waals surface area contributed by atoms with Gasteiger partial charge in [-0.15, -0.1) is 0 Å². The van der Waals surface area contributed by atoms with E-state index in [-0.39, 0.29) is 29.1 Å². The second-order valence-corrected chi connectivity index (χ2v) is 8.32. The van der Waals surface area contributed by atoms with E-state index in [1.54, 1.807) is 14.2 Å². The monoisotopic (exact) mass is 376 g/mol. The maximum Gasteiger partial charge on any atom is 0.272 e. The van der Waals surface area contributed by atoms with Crippen LogP contribution < -0.4 is 10.1 Å². The van der Waals surface area contributed by atoms with E-state index < -0.39 is 9.84 Å². The minimum Gasteiger partial charge on any atom is -0.495 e. The van der Waals surface area contributed by atoms with Crippen molar-refractivity contribution in [3.63, 3.8) is 0 Å². The number of anilines is 2. The molecule has 1 aromatic carbocycles. The average Bonchev–Trinajstić information content (AvgIpc) is 3.01. The van der Waals surface area contributed by atoms with Crippen LogP contribution in [0.2, 0.25) is 0 Å². The van der Waals surface area contributed by atoms with Gasteiger partial charge in [0.1, 0.15) is 23.6 Å². The van der Waals surface area contributed by atoms with E-state index >= 15 is 0 Å². The standard InChI is InChI=1S/C17H20N4O4S/c1-21(12-7-8-26(23,24)10-12)17(22)14-9-16(19-11-18-14)20-13-5-3-4-6-15(13)25-2/h3-6,9,11-12H,7-8,10H2,1-2H3,(H,18,19,20). The molecule has 3 rings (SSSR count). The molecule has 1 atom stereocenters. The zero-order valence-electron chi connectivity index (χ0n) is 14.5. The highest BCUT2D eigenvalue weighted by Gasteiger charge is 2.33. The third kappa shape index (κ3) is 3.93. The van der Waals surface area contributed by atoms with Gasteiger partial charge in [-0.3, -0.25) is 4.79 Å². The van der Waals surface area contributed by atoms with E-state index in [1.807, 2.05) is 24.3 Å². The molecule has 2 heterocycles. The van der Waals surface area contributed by atoms with Crippen molar-refractivity contribution < 1.29 is 17.9 Å². The van der Waals surface area contributed by atoms with Gasteiger partial charge in [0.15, 0.2) is 9.84 Å². The number of aromatic nitrogens is 2. The van der Waals surface area contributed by atoms with Crippen molar-refractivity contribution in [1.82, 2.24) is 14.9 Å². The summed E-state index contributed by atoms with van der Waals surface area (Å²) >= 11 is 0. The number of para-hydroxylation sites is 2. The summed E-state index contributed by atoms with van der Waals surface area (Å²) in [6, 6.07) is 8.56. The molecule has 8 nitrogen and oxygen atoms in total. The number of benzene rings is 1. The maximum atomic E-state index is 12.7. The molecule has 26 heavy (non-hydrogen) atoms. The van der Waals surface area contributed by atoms with Crippen LogP contribution in [0, 0.1) is 0 Å². The number of carbonyl (C=O) groups is 1. The van der Waals surface area contributed by atoms with Crippen molar-refractivity contribution in [2.75, 3.05) is 31.0 Å². The number of rotatable bonds is 5. The molecule has 0 spiro atoms. The Morgan fingerprint density at radius 1 is 1.31 bits per heavy atom. The van der Waals surface area contributed by atoms with E-state index in [9.17, 15) is 13.2 Å². The summed E-state index contributed by atoms with van der Waals surface area (Å²) in [7, 11) is 0.104. The lowest BCUT2D eigenvalue weighted by atomic mass is 10.2. The van der Waals surface area contributed by atoms with Gasteiger partial charge in [0, 0.05) is 19.2 Å². The van der Waals surface area contributed by atoms with Crippen molar-refractivity contribution in [3.8, 4) is 5.75 Å². The van der Waals surface area contributed by atoms with Crippen molar-refractivity contribution in [2.24, 2.45) is 0 Å². The molecule has 1 saturated heterocycles. The highest BCUT2D eigenvalue weighted by atomic mass is 32.2. The molecule has 2 aromatic rings. The molecule has 0 radical (unpaired) electrons. The lowest BCUT2D eigenvalue weighted by Crippen LogP contribution is -2.38. The van der Waals surface area contributed by atoms with E-state index in [0.29, 0.717) is 23.7 Å². The number of ether oxygens (including phenoxy) is 1. The van der Waals surface area contributed by atoms with Crippen LogP contribution in [0.1, 0.15) is 16.9 Å². The maximum absolute atomic E-state index is 12.7. The molecule has 0 bridgehead atoms. The van der Waals surface area contributed by atoms with Crippen molar-refractivity contribution in [1.29, 1.82) is 0 Å². The van der Waals surface area contributed by atoms with E-state index in [2.05, 4.69) is 15.3 Å². The molecular formula is C17H20N4O4S. The third-order valence-corrected chi connectivity index (χ3v) is 6.08. The predicted molar refractivity (Wildman–Crippen MR) is 97.5 cm³/mol. The van der Waals surface area contributed by atoms with Crippen LogP contribution in [0.15, 0.2) is 36.7 Å². The normalized spacial score (nSPS) is 18.3. The molecule has 1 aliphatic heterocycles. The average molecular weight is 376 g/mol. The fraction of sp³-hybridized carbons (Fsp3) is 0.353. The van der Waals surface area contributed by atoms with Gasteiger partial charge in [-0.25, -0.2) is 18.4 Å². The van der Waals surface area contributed by atoms with Crippen molar-refractivity contribution in [3.05, 3.63) is 42.4 Å². The Morgan fingerprint density at radius 3 is 2.77 bits per heavy atom. The fourth-order valence-corrected chi connectivity index (χ4v) is 4.63. The molecule has 1 aromatic heterocycles. The van der Waals surface area contributed by atoms with Crippen LogP contribution in [0.5, 0.6) is 5.75 Å². The molecule has 1 amide bonds. The van der Waals surface area contributed by atoms with Crippen LogP contribution in [0.4, 0.5) is 11.5 Å². The highest BCUT2D eigenvalue weighted by Crippen LogP contribution is 2.26. The molecule has 1 N–H and O–H groups in total. The Bertz CT molecular complexity index is 916. The summed E-state index contributed by atoms with van der Waals surface area (Å²) in [5.41, 5.74) is 0.909. The number of carbonyl (C=O) groups excluding carboxylic acids is 1. The van der Waals surface area contributed by atoms with Gasteiger partial charge in [0.2, 0.25) is 0 Å². The largest absolute Gasteiger partial charge is 0.495 e. The first kappa shape index (κ1) is 18.1. The molecule has 1 unspecified atom stereocenters. The van der Waals surface area contributed by atoms with Crippen LogP contribution >= 0.6 is 0 Å². The minimum absolute atomic E-state index is 0.00730. The number of amides is 1. The van der Waals surface area contributed by atoms with Gasteiger partial charge in [0.25, 0.3) is 5.91 Å². The number of nitrogens with zero attached hydrogens (tertiary/aromatic N) is 3. The molecule has 1 aliphatic rings. The number of sulfone groups is 1. The summed E-state index contributed by atoms with van der Waals surface area (Å²) in [6.45, 7) is 0. The topological polar surface area (TPSA) is 101 Å². The second-order valence-electron chi connectivity index (χ2n) is 6.09. The molecular weight excluding hydrogens is 356 g/mol. The molecule has 138 valence electrons. The molecule has 0 saturated carbocycles. The van der Waals surface area contributed by atoms with Crippen molar-refractivity contribution in [2.45, 2.75) is 12.5 Å². The van der Waals surface area contributed by atoms with Crippen molar-refractivity contribution >= 4 is 27.2 Å². The smallest absolute Gasteiger partial charge is 0.272 e. The summed E-state index contributed by atoms with van der Waals surface area (Å²) in [4.78, 5) is 22.3. The number of methoxy groups -OCH3 is 1. The van der Waals surface area contributed by atoms with Crippen LogP contribution in [0.3, 0.4) is 0 Å². The Kier molecular flexibility index (Phi) is 5.08. The summed E-state index contributed by atoms with van der Waals surface area (Å²) < 4.78 is 28.6. The van der Waals surface area contributed by atoms with Gasteiger partial charge < -0.3 is 15.0 Å². The van der Waals surface area contributed by atoms with Gasteiger partial charge >= 0.3 is 0 Å². The van der Waals surface area contributed by atoms with Crippen LogP contribution in [0.25, 0.3) is 0 Å². The minimum atomic E-state index is -3.07. The third-order valence-electron chi connectivity index (χ3n) is 4.33. The van der Waals surface area contributed by atoms with E-state index in [4.69, 9.17) is 4.74 Å². The quantitative estimate of drug-likeness (QED) is 0.843. The lowest BCUT2D eigenvalue weighted by molar-refractivity contribution is 0.0741. The van der Waals surface area contributed by atoms with Gasteiger partial charge in [-0.05, 0) is 18.6 Å². The highest BCUT2D eigenvalue weighted by molar-refractivity contribution is 7.91. The molecule has 1 fully saturated rings.